The third kappa shape index (κ3) is 1.77. The molecule has 0 spiro atoms. The Balaban J connectivity index is 2.51. The number of aryl methyl sites for hydroxylation is 1. The van der Waals surface area contributed by atoms with E-state index in [1.165, 1.54) is 12.4 Å². The topological polar surface area (TPSA) is 55.6 Å². The van der Waals surface area contributed by atoms with Gasteiger partial charge in [-0.25, -0.2) is 4.98 Å². The molecule has 0 amide bonds. The highest BCUT2D eigenvalue weighted by atomic mass is 79.9. The zero-order valence-electron chi connectivity index (χ0n) is 7.49. The van der Waals surface area contributed by atoms with Crippen LogP contribution in [0.15, 0.2) is 29.1 Å². The van der Waals surface area contributed by atoms with Gasteiger partial charge in [-0.15, -0.1) is 0 Å². The maximum Gasteiger partial charge on any atom is 0.194 e. The van der Waals surface area contributed by atoms with Crippen LogP contribution in [0.4, 0.5) is 0 Å². The van der Waals surface area contributed by atoms with Crippen molar-refractivity contribution in [2.24, 2.45) is 0 Å². The molecule has 0 bridgehead atoms. The van der Waals surface area contributed by atoms with Gasteiger partial charge in [-0.1, -0.05) is 0 Å². The number of hydrogen-bond acceptors (Lipinski definition) is 2. The molecular weight excluding hydrogens is 246 g/mol. The van der Waals surface area contributed by atoms with E-state index in [0.717, 1.165) is 20.5 Å². The summed E-state index contributed by atoms with van der Waals surface area (Å²) in [7, 11) is 0. The molecule has 5 heteroatoms. The largest absolute Gasteiger partial charge is 0.619 e. The average Bonchev–Trinajstić information content (AvgIpc) is 2.50. The minimum absolute atomic E-state index is 0.702. The minimum atomic E-state index is 0.702. The van der Waals surface area contributed by atoms with Crippen molar-refractivity contribution in [2.75, 3.05) is 0 Å². The van der Waals surface area contributed by atoms with Crippen molar-refractivity contribution in [3.63, 3.8) is 0 Å². The smallest absolute Gasteiger partial charge is 0.194 e. The number of H-pyrrole nitrogens is 1. The van der Waals surface area contributed by atoms with Crippen molar-refractivity contribution >= 4 is 15.9 Å². The number of halogens is 1. The molecule has 0 fully saturated rings. The maximum absolute atomic E-state index is 11.1. The number of hydrogen-bond donors (Lipinski definition) is 1. The van der Waals surface area contributed by atoms with Gasteiger partial charge in [0.2, 0.25) is 0 Å². The van der Waals surface area contributed by atoms with Gasteiger partial charge >= 0.3 is 0 Å². The molecule has 0 aromatic carbocycles. The Hall–Kier alpha value is -1.36. The Morgan fingerprint density at radius 2 is 2.29 bits per heavy atom. The van der Waals surface area contributed by atoms with Crippen LogP contribution in [-0.4, -0.2) is 9.97 Å². The van der Waals surface area contributed by atoms with E-state index in [1.54, 1.807) is 6.20 Å². The van der Waals surface area contributed by atoms with E-state index >= 15 is 0 Å². The number of aromatic nitrogens is 3. The SMILES string of the molecule is Cc1cnc(-c2cc(Br)c[n+]([O-])c2)[nH]1. The summed E-state index contributed by atoms with van der Waals surface area (Å²) >= 11 is 3.25. The summed E-state index contributed by atoms with van der Waals surface area (Å²) < 4.78 is 1.48. The van der Waals surface area contributed by atoms with Crippen molar-refractivity contribution in [1.29, 1.82) is 0 Å². The molecule has 4 nitrogen and oxygen atoms in total. The van der Waals surface area contributed by atoms with Crippen LogP contribution in [0.25, 0.3) is 11.4 Å². The average molecular weight is 254 g/mol. The number of imidazole rings is 1. The van der Waals surface area contributed by atoms with Gasteiger partial charge in [0.05, 0.1) is 10.0 Å². The maximum atomic E-state index is 11.1. The summed E-state index contributed by atoms with van der Waals surface area (Å²) in [5.74, 6) is 0.702. The Morgan fingerprint density at radius 1 is 1.50 bits per heavy atom. The molecule has 1 N–H and O–H groups in total. The van der Waals surface area contributed by atoms with Gasteiger partial charge in [0.1, 0.15) is 5.82 Å². The molecule has 2 heterocycles. The molecule has 0 unspecified atom stereocenters. The lowest BCUT2D eigenvalue weighted by Crippen LogP contribution is -2.24. The fourth-order valence-electron chi connectivity index (χ4n) is 1.21. The first-order valence-electron chi connectivity index (χ1n) is 4.06. The van der Waals surface area contributed by atoms with E-state index in [1.807, 2.05) is 13.0 Å². The van der Waals surface area contributed by atoms with Crippen LogP contribution in [0.3, 0.4) is 0 Å². The molecule has 0 aliphatic carbocycles. The second kappa shape index (κ2) is 3.42. The first-order chi connectivity index (χ1) is 6.65. The Labute approximate surface area is 89.3 Å². The summed E-state index contributed by atoms with van der Waals surface area (Å²) in [6.45, 7) is 1.92. The second-order valence-corrected chi connectivity index (χ2v) is 3.93. The van der Waals surface area contributed by atoms with Crippen LogP contribution < -0.4 is 4.73 Å². The predicted octanol–water partition coefficient (Wildman–Crippen LogP) is 1.78. The Kier molecular flexibility index (Phi) is 2.25. The standard InChI is InChI=1S/C9H8BrN3O/c1-6-3-11-9(12-6)7-2-8(10)5-13(14)4-7/h2-5H,1H3,(H,11,12). The minimum Gasteiger partial charge on any atom is -0.619 e. The summed E-state index contributed by atoms with van der Waals surface area (Å²) in [6, 6.07) is 1.84. The molecule has 2 aromatic heterocycles. The molecule has 0 saturated carbocycles. The van der Waals surface area contributed by atoms with Crippen molar-refractivity contribution in [3.8, 4) is 11.4 Å². The third-order valence-electron chi connectivity index (χ3n) is 1.79. The van der Waals surface area contributed by atoms with Crippen LogP contribution >= 0.6 is 15.9 Å². The summed E-state index contributed by atoms with van der Waals surface area (Å²) in [6.07, 6.45) is 4.65. The highest BCUT2D eigenvalue weighted by Gasteiger charge is 2.06. The van der Waals surface area contributed by atoms with Crippen LogP contribution in [-0.2, 0) is 0 Å². The molecule has 0 radical (unpaired) electrons. The lowest BCUT2D eigenvalue weighted by atomic mass is 10.3. The van der Waals surface area contributed by atoms with Gasteiger partial charge in [0.25, 0.3) is 0 Å². The molecule has 2 aromatic rings. The fourth-order valence-corrected chi connectivity index (χ4v) is 1.66. The first-order valence-corrected chi connectivity index (χ1v) is 4.86. The lowest BCUT2D eigenvalue weighted by molar-refractivity contribution is -0.605. The first kappa shape index (κ1) is 9.21. The van der Waals surface area contributed by atoms with Crippen LogP contribution in [0.5, 0.6) is 0 Å². The molecule has 0 saturated heterocycles. The van der Waals surface area contributed by atoms with Crippen LogP contribution in [0.1, 0.15) is 5.69 Å². The monoisotopic (exact) mass is 253 g/mol. The zero-order chi connectivity index (χ0) is 10.1. The summed E-state index contributed by atoms with van der Waals surface area (Å²) in [4.78, 5) is 7.20. The number of aromatic amines is 1. The van der Waals surface area contributed by atoms with Gasteiger partial charge in [0, 0.05) is 11.9 Å². The lowest BCUT2D eigenvalue weighted by Gasteiger charge is -1.99. The quantitative estimate of drug-likeness (QED) is 0.623. The van der Waals surface area contributed by atoms with Gasteiger partial charge in [-0.3, -0.25) is 0 Å². The highest BCUT2D eigenvalue weighted by Crippen LogP contribution is 2.17. The highest BCUT2D eigenvalue weighted by molar-refractivity contribution is 9.10. The van der Waals surface area contributed by atoms with E-state index < -0.39 is 0 Å². The molecule has 0 aliphatic heterocycles. The second-order valence-electron chi connectivity index (χ2n) is 3.02. The Morgan fingerprint density at radius 3 is 2.86 bits per heavy atom. The normalized spacial score (nSPS) is 10.4. The number of rotatable bonds is 1. The molecule has 0 atom stereocenters. The molecular formula is C9H8BrN3O. The molecule has 14 heavy (non-hydrogen) atoms. The summed E-state index contributed by atoms with van der Waals surface area (Å²) in [5.41, 5.74) is 1.74. The van der Waals surface area contributed by atoms with Crippen molar-refractivity contribution in [2.45, 2.75) is 6.92 Å². The van der Waals surface area contributed by atoms with Gasteiger partial charge in [0.15, 0.2) is 12.4 Å². The van der Waals surface area contributed by atoms with E-state index in [4.69, 9.17) is 0 Å². The number of nitrogens with zero attached hydrogens (tertiary/aromatic N) is 2. The number of nitrogens with one attached hydrogen (secondary N) is 1. The van der Waals surface area contributed by atoms with Crippen LogP contribution in [0.2, 0.25) is 0 Å². The van der Waals surface area contributed by atoms with Gasteiger partial charge < -0.3 is 10.2 Å². The van der Waals surface area contributed by atoms with E-state index in [2.05, 4.69) is 25.9 Å². The van der Waals surface area contributed by atoms with E-state index in [0.29, 0.717) is 5.82 Å². The number of pyridine rings is 1. The third-order valence-corrected chi connectivity index (χ3v) is 2.22. The molecule has 0 aliphatic rings. The summed E-state index contributed by atoms with van der Waals surface area (Å²) in [5, 5.41) is 11.1. The van der Waals surface area contributed by atoms with E-state index in [9.17, 15) is 5.21 Å². The molecule has 2 rings (SSSR count). The van der Waals surface area contributed by atoms with Crippen LogP contribution in [0, 0.1) is 12.1 Å². The predicted molar refractivity (Wildman–Crippen MR) is 55.4 cm³/mol. The van der Waals surface area contributed by atoms with Crippen molar-refractivity contribution < 1.29 is 4.73 Å². The Bertz CT molecular complexity index is 447. The van der Waals surface area contributed by atoms with Crippen molar-refractivity contribution in [1.82, 2.24) is 9.97 Å². The molecule has 72 valence electrons. The van der Waals surface area contributed by atoms with Gasteiger partial charge in [-0.2, -0.15) is 4.73 Å². The van der Waals surface area contributed by atoms with Crippen molar-refractivity contribution in [3.05, 3.63) is 40.0 Å². The zero-order valence-corrected chi connectivity index (χ0v) is 9.08. The fraction of sp³-hybridized carbons (Fsp3) is 0.111. The van der Waals surface area contributed by atoms with Gasteiger partial charge in [-0.05, 0) is 28.9 Å². The van der Waals surface area contributed by atoms with E-state index in [-0.39, 0.29) is 0 Å².